The lowest BCUT2D eigenvalue weighted by Gasteiger charge is -2.09. The molecule has 1 aromatic heterocycles. The quantitative estimate of drug-likeness (QED) is 0.710. The van der Waals surface area contributed by atoms with Gasteiger partial charge < -0.3 is 10.6 Å². The van der Waals surface area contributed by atoms with Crippen molar-refractivity contribution in [3.8, 4) is 0 Å². The predicted octanol–water partition coefficient (Wildman–Crippen LogP) is 4.21. The number of rotatable bonds is 7. The third-order valence-corrected chi connectivity index (χ3v) is 3.88. The van der Waals surface area contributed by atoms with Gasteiger partial charge in [0.25, 0.3) is 5.91 Å². The van der Waals surface area contributed by atoms with Gasteiger partial charge in [0.05, 0.1) is 0 Å². The zero-order chi connectivity index (χ0) is 16.7. The third-order valence-electron chi connectivity index (χ3n) is 3.39. The Morgan fingerprint density at radius 3 is 2.83 bits per heavy atom. The van der Waals surface area contributed by atoms with Crippen LogP contribution in [0, 0.1) is 6.92 Å². The molecule has 0 aliphatic carbocycles. The molecule has 0 radical (unpaired) electrons. The summed E-state index contributed by atoms with van der Waals surface area (Å²) in [6.07, 6.45) is 4.81. The normalized spacial score (nSPS) is 10.4. The number of nitrogens with zero attached hydrogens (tertiary/aromatic N) is 2. The zero-order valence-electron chi connectivity index (χ0n) is 13.4. The highest BCUT2D eigenvalue weighted by Crippen LogP contribution is 2.22. The molecule has 23 heavy (non-hydrogen) atoms. The molecule has 0 unspecified atom stereocenters. The van der Waals surface area contributed by atoms with Gasteiger partial charge in [-0.3, -0.25) is 4.79 Å². The van der Waals surface area contributed by atoms with Crippen LogP contribution in [0.3, 0.4) is 0 Å². The van der Waals surface area contributed by atoms with Crippen LogP contribution >= 0.6 is 15.9 Å². The lowest BCUT2D eigenvalue weighted by molar-refractivity contribution is 0.0948. The Balaban J connectivity index is 2.03. The molecule has 0 saturated carbocycles. The number of carbonyl (C=O) groups excluding carboxylic acids is 1. The minimum Gasteiger partial charge on any atom is -0.351 e. The Bertz CT molecular complexity index is 675. The van der Waals surface area contributed by atoms with E-state index in [0.717, 1.165) is 35.0 Å². The summed E-state index contributed by atoms with van der Waals surface area (Å²) in [4.78, 5) is 20.5. The van der Waals surface area contributed by atoms with Crippen molar-refractivity contribution in [1.29, 1.82) is 0 Å². The summed E-state index contributed by atoms with van der Waals surface area (Å²) in [6.45, 7) is 4.80. The van der Waals surface area contributed by atoms with Crippen LogP contribution in [0.15, 0.2) is 34.9 Å². The summed E-state index contributed by atoms with van der Waals surface area (Å²) < 4.78 is 1.02. The molecule has 0 atom stereocenters. The van der Waals surface area contributed by atoms with Crippen LogP contribution in [0.2, 0.25) is 0 Å². The topological polar surface area (TPSA) is 66.9 Å². The molecule has 2 aromatic rings. The van der Waals surface area contributed by atoms with Gasteiger partial charge in [0.15, 0.2) is 0 Å². The van der Waals surface area contributed by atoms with Crippen LogP contribution in [-0.4, -0.2) is 22.4 Å². The Labute approximate surface area is 145 Å². The van der Waals surface area contributed by atoms with Crippen molar-refractivity contribution < 1.29 is 4.79 Å². The van der Waals surface area contributed by atoms with Crippen molar-refractivity contribution in [3.63, 3.8) is 0 Å². The first-order chi connectivity index (χ1) is 11.1. The van der Waals surface area contributed by atoms with Crippen LogP contribution in [0.5, 0.6) is 0 Å². The van der Waals surface area contributed by atoms with E-state index in [1.54, 1.807) is 12.3 Å². The summed E-state index contributed by atoms with van der Waals surface area (Å²) in [5.41, 5.74) is 2.35. The Hall–Kier alpha value is -1.95. The van der Waals surface area contributed by atoms with E-state index in [2.05, 4.69) is 43.5 Å². The van der Waals surface area contributed by atoms with Crippen molar-refractivity contribution in [2.75, 3.05) is 11.9 Å². The second kappa shape index (κ2) is 8.62. The number of benzene rings is 1. The molecule has 2 N–H and O–H groups in total. The van der Waals surface area contributed by atoms with Crippen molar-refractivity contribution in [1.82, 2.24) is 15.3 Å². The number of unbranched alkanes of at least 4 members (excludes halogenated alkanes) is 2. The molecule has 0 spiro atoms. The lowest BCUT2D eigenvalue weighted by atomic mass is 10.2. The molecule has 1 heterocycles. The van der Waals surface area contributed by atoms with Gasteiger partial charge in [-0.25, -0.2) is 9.97 Å². The molecule has 0 aliphatic heterocycles. The van der Waals surface area contributed by atoms with E-state index in [-0.39, 0.29) is 5.91 Å². The molecule has 2 rings (SSSR count). The van der Waals surface area contributed by atoms with Gasteiger partial charge in [0, 0.05) is 22.9 Å². The van der Waals surface area contributed by atoms with Gasteiger partial charge in [-0.05, 0) is 43.2 Å². The van der Waals surface area contributed by atoms with Gasteiger partial charge >= 0.3 is 0 Å². The summed E-state index contributed by atoms with van der Waals surface area (Å²) in [6, 6.07) is 7.52. The van der Waals surface area contributed by atoms with E-state index in [9.17, 15) is 4.79 Å². The van der Waals surface area contributed by atoms with Gasteiger partial charge in [-0.2, -0.15) is 0 Å². The average molecular weight is 377 g/mol. The standard InChI is InChI=1S/C17H21BrN4O/c1-3-4-5-9-19-16(23)15-8-10-20-17(22-15)21-14-7-6-13(18)11-12(14)2/h6-8,10-11H,3-5,9H2,1-2H3,(H,19,23)(H,20,21,22). The van der Waals surface area contributed by atoms with E-state index in [0.29, 0.717) is 18.2 Å². The van der Waals surface area contributed by atoms with E-state index < -0.39 is 0 Å². The summed E-state index contributed by atoms with van der Waals surface area (Å²) in [7, 11) is 0. The van der Waals surface area contributed by atoms with Crippen molar-refractivity contribution in [2.24, 2.45) is 0 Å². The monoisotopic (exact) mass is 376 g/mol. The van der Waals surface area contributed by atoms with E-state index >= 15 is 0 Å². The first kappa shape index (κ1) is 17.4. The number of nitrogens with one attached hydrogen (secondary N) is 2. The lowest BCUT2D eigenvalue weighted by Crippen LogP contribution is -2.25. The maximum absolute atomic E-state index is 12.1. The van der Waals surface area contributed by atoms with Crippen molar-refractivity contribution in [2.45, 2.75) is 33.1 Å². The predicted molar refractivity (Wildman–Crippen MR) is 96.1 cm³/mol. The molecule has 122 valence electrons. The molecular formula is C17H21BrN4O. The SMILES string of the molecule is CCCCCNC(=O)c1ccnc(Nc2ccc(Br)cc2C)n1. The number of amides is 1. The summed E-state index contributed by atoms with van der Waals surface area (Å²) >= 11 is 3.44. The fourth-order valence-corrected chi connectivity index (χ4v) is 2.58. The molecule has 6 heteroatoms. The average Bonchev–Trinajstić information content (AvgIpc) is 2.54. The largest absolute Gasteiger partial charge is 0.351 e. The van der Waals surface area contributed by atoms with Gasteiger partial charge in [-0.15, -0.1) is 0 Å². The molecule has 0 saturated heterocycles. The molecule has 1 aromatic carbocycles. The summed E-state index contributed by atoms with van der Waals surface area (Å²) in [5, 5.41) is 6.03. The maximum Gasteiger partial charge on any atom is 0.270 e. The number of carbonyl (C=O) groups is 1. The minimum absolute atomic E-state index is 0.168. The number of aromatic nitrogens is 2. The molecule has 1 amide bonds. The second-order valence-corrected chi connectivity index (χ2v) is 6.23. The van der Waals surface area contributed by atoms with Crippen LogP contribution in [0.1, 0.15) is 42.2 Å². The maximum atomic E-state index is 12.1. The number of anilines is 2. The Kier molecular flexibility index (Phi) is 6.52. The number of hydrogen-bond acceptors (Lipinski definition) is 4. The number of hydrogen-bond donors (Lipinski definition) is 2. The Morgan fingerprint density at radius 2 is 2.09 bits per heavy atom. The fraction of sp³-hybridized carbons (Fsp3) is 0.353. The van der Waals surface area contributed by atoms with Crippen LogP contribution < -0.4 is 10.6 Å². The molecule has 0 aliphatic rings. The summed E-state index contributed by atoms with van der Waals surface area (Å²) in [5.74, 6) is 0.246. The van der Waals surface area contributed by atoms with Crippen molar-refractivity contribution in [3.05, 3.63) is 46.2 Å². The van der Waals surface area contributed by atoms with Gasteiger partial charge in [-0.1, -0.05) is 35.7 Å². The molecule has 0 fully saturated rings. The highest BCUT2D eigenvalue weighted by atomic mass is 79.9. The number of aryl methyl sites for hydroxylation is 1. The minimum atomic E-state index is -0.168. The van der Waals surface area contributed by atoms with Crippen LogP contribution in [0.25, 0.3) is 0 Å². The first-order valence-electron chi connectivity index (χ1n) is 7.74. The second-order valence-electron chi connectivity index (χ2n) is 5.31. The van der Waals surface area contributed by atoms with E-state index in [4.69, 9.17) is 0 Å². The third kappa shape index (κ3) is 5.32. The van der Waals surface area contributed by atoms with E-state index in [1.165, 1.54) is 0 Å². The molecular weight excluding hydrogens is 356 g/mol. The molecule has 0 bridgehead atoms. The molecule has 5 nitrogen and oxygen atoms in total. The zero-order valence-corrected chi connectivity index (χ0v) is 15.0. The fourth-order valence-electron chi connectivity index (χ4n) is 2.10. The van der Waals surface area contributed by atoms with Crippen LogP contribution in [0.4, 0.5) is 11.6 Å². The van der Waals surface area contributed by atoms with Gasteiger partial charge in [0.2, 0.25) is 5.95 Å². The Morgan fingerprint density at radius 1 is 1.26 bits per heavy atom. The number of halogens is 1. The van der Waals surface area contributed by atoms with Crippen LogP contribution in [-0.2, 0) is 0 Å². The first-order valence-corrected chi connectivity index (χ1v) is 8.54. The highest BCUT2D eigenvalue weighted by molar-refractivity contribution is 9.10. The van der Waals surface area contributed by atoms with Crippen molar-refractivity contribution >= 4 is 33.5 Å². The van der Waals surface area contributed by atoms with E-state index in [1.807, 2.05) is 25.1 Å². The van der Waals surface area contributed by atoms with Gasteiger partial charge in [0.1, 0.15) is 5.69 Å². The smallest absolute Gasteiger partial charge is 0.270 e. The highest BCUT2D eigenvalue weighted by Gasteiger charge is 2.09.